The Morgan fingerprint density at radius 1 is 1.06 bits per heavy atom. The number of hydrogen-bond donors (Lipinski definition) is 0. The summed E-state index contributed by atoms with van der Waals surface area (Å²) in [6, 6.07) is 9.61. The Balaban J connectivity index is 1.71. The molecule has 2 aromatic rings. The molecule has 164 valence electrons. The highest BCUT2D eigenvalue weighted by Crippen LogP contribution is 2.39. The van der Waals surface area contributed by atoms with Crippen LogP contribution >= 0.6 is 35.6 Å². The van der Waals surface area contributed by atoms with Gasteiger partial charge in [0.25, 0.3) is 5.91 Å². The highest BCUT2D eigenvalue weighted by atomic mass is 35.5. The number of carbonyl (C=O) groups is 1. The van der Waals surface area contributed by atoms with E-state index < -0.39 is 0 Å². The zero-order valence-electron chi connectivity index (χ0n) is 17.9. The molecule has 0 aromatic heterocycles. The predicted molar refractivity (Wildman–Crippen MR) is 130 cm³/mol. The van der Waals surface area contributed by atoms with Gasteiger partial charge in [-0.05, 0) is 67.8 Å². The summed E-state index contributed by atoms with van der Waals surface area (Å²) in [5, 5.41) is 0.399. The van der Waals surface area contributed by atoms with Gasteiger partial charge >= 0.3 is 0 Å². The standard InChI is InChI=1S/C23H24ClNO4S2/c1-5-27-19-12-16(13-20-22(26)25(4)23(30)31-20)11-18(24)21(19)29-7-6-28-17-9-14(2)8-15(3)10-17/h8-13H,5-7H2,1-4H3. The van der Waals surface area contributed by atoms with Crippen molar-refractivity contribution in [1.82, 2.24) is 4.90 Å². The number of likely N-dealkylation sites (N-methyl/N-ethyl adjacent to an activating group) is 1. The topological polar surface area (TPSA) is 48.0 Å². The van der Waals surface area contributed by atoms with Gasteiger partial charge < -0.3 is 14.2 Å². The SMILES string of the molecule is CCOc1cc(C=C2SC(=S)N(C)C2=O)cc(Cl)c1OCCOc1cc(C)cc(C)c1. The van der Waals surface area contributed by atoms with Crippen molar-refractivity contribution in [2.75, 3.05) is 26.9 Å². The minimum Gasteiger partial charge on any atom is -0.490 e. The first-order chi connectivity index (χ1) is 14.8. The zero-order chi connectivity index (χ0) is 22.5. The van der Waals surface area contributed by atoms with Crippen LogP contribution in [-0.2, 0) is 4.79 Å². The van der Waals surface area contributed by atoms with Gasteiger partial charge in [-0.15, -0.1) is 0 Å². The number of thiocarbonyl (C=S) groups is 1. The fourth-order valence-corrected chi connectivity index (χ4v) is 4.54. The molecule has 31 heavy (non-hydrogen) atoms. The highest BCUT2D eigenvalue weighted by Gasteiger charge is 2.28. The summed E-state index contributed by atoms with van der Waals surface area (Å²) in [4.78, 5) is 14.3. The Labute approximate surface area is 197 Å². The Hall–Kier alpha value is -2.22. The molecule has 1 fully saturated rings. The molecule has 0 radical (unpaired) electrons. The lowest BCUT2D eigenvalue weighted by Gasteiger charge is -2.15. The van der Waals surface area contributed by atoms with Crippen LogP contribution in [-0.4, -0.2) is 42.0 Å². The lowest BCUT2D eigenvalue weighted by atomic mass is 10.1. The molecular weight excluding hydrogens is 454 g/mol. The van der Waals surface area contributed by atoms with Crippen molar-refractivity contribution in [2.45, 2.75) is 20.8 Å². The summed E-state index contributed by atoms with van der Waals surface area (Å²) in [5.74, 6) is 1.64. The van der Waals surface area contributed by atoms with E-state index in [1.807, 2.05) is 32.9 Å². The molecule has 1 heterocycles. The molecular formula is C23H24ClNO4S2. The number of halogens is 1. The normalized spacial score (nSPS) is 15.0. The number of aryl methyl sites for hydroxylation is 2. The van der Waals surface area contributed by atoms with Crippen LogP contribution in [0, 0.1) is 13.8 Å². The van der Waals surface area contributed by atoms with E-state index in [1.165, 1.54) is 16.7 Å². The van der Waals surface area contributed by atoms with Crippen LogP contribution in [0.2, 0.25) is 5.02 Å². The van der Waals surface area contributed by atoms with Crippen LogP contribution in [0.4, 0.5) is 0 Å². The van der Waals surface area contributed by atoms with E-state index in [9.17, 15) is 4.79 Å². The molecule has 1 saturated heterocycles. The summed E-state index contributed by atoms with van der Waals surface area (Å²) in [7, 11) is 1.66. The second-order valence-corrected chi connectivity index (χ2v) is 9.11. The fraction of sp³-hybridized carbons (Fsp3) is 0.304. The van der Waals surface area contributed by atoms with E-state index in [1.54, 1.807) is 25.3 Å². The maximum atomic E-state index is 12.3. The van der Waals surface area contributed by atoms with Crippen molar-refractivity contribution in [2.24, 2.45) is 0 Å². The number of thioether (sulfide) groups is 1. The Morgan fingerprint density at radius 2 is 1.74 bits per heavy atom. The summed E-state index contributed by atoms with van der Waals surface area (Å²) < 4.78 is 17.9. The molecule has 1 amide bonds. The second-order valence-electron chi connectivity index (χ2n) is 7.02. The van der Waals surface area contributed by atoms with E-state index in [0.717, 1.165) is 22.4 Å². The summed E-state index contributed by atoms with van der Waals surface area (Å²) >= 11 is 12.9. The largest absolute Gasteiger partial charge is 0.490 e. The number of nitrogens with zero attached hydrogens (tertiary/aromatic N) is 1. The van der Waals surface area contributed by atoms with Crippen LogP contribution in [0.15, 0.2) is 35.2 Å². The molecule has 1 aliphatic rings. The molecule has 3 rings (SSSR count). The van der Waals surface area contributed by atoms with Gasteiger partial charge in [-0.3, -0.25) is 9.69 Å². The quantitative estimate of drug-likeness (QED) is 0.278. The molecule has 0 spiro atoms. The maximum absolute atomic E-state index is 12.3. The molecule has 5 nitrogen and oxygen atoms in total. The minimum atomic E-state index is -0.132. The van der Waals surface area contributed by atoms with E-state index in [2.05, 4.69) is 6.07 Å². The van der Waals surface area contributed by atoms with Crippen LogP contribution in [0.25, 0.3) is 6.08 Å². The Kier molecular flexibility index (Phi) is 7.86. The van der Waals surface area contributed by atoms with E-state index in [-0.39, 0.29) is 5.91 Å². The van der Waals surface area contributed by atoms with E-state index in [4.69, 9.17) is 38.0 Å². The van der Waals surface area contributed by atoms with Crippen LogP contribution in [0.3, 0.4) is 0 Å². The Bertz CT molecular complexity index is 1020. The lowest BCUT2D eigenvalue weighted by Crippen LogP contribution is -2.22. The van der Waals surface area contributed by atoms with Gasteiger partial charge in [0.05, 0.1) is 16.5 Å². The number of carbonyl (C=O) groups excluding carboxylic acids is 1. The van der Waals surface area contributed by atoms with Crippen molar-refractivity contribution in [3.05, 3.63) is 56.9 Å². The third-order valence-corrected chi connectivity index (χ3v) is 6.18. The monoisotopic (exact) mass is 477 g/mol. The van der Waals surface area contributed by atoms with Gasteiger partial charge in [0.1, 0.15) is 23.3 Å². The maximum Gasteiger partial charge on any atom is 0.265 e. The van der Waals surface area contributed by atoms with Crippen LogP contribution in [0.5, 0.6) is 17.2 Å². The molecule has 0 unspecified atom stereocenters. The van der Waals surface area contributed by atoms with Crippen molar-refractivity contribution < 1.29 is 19.0 Å². The van der Waals surface area contributed by atoms with Crippen molar-refractivity contribution >= 4 is 51.9 Å². The molecule has 1 aliphatic heterocycles. The molecule has 0 bridgehead atoms. The minimum absolute atomic E-state index is 0.132. The van der Waals surface area contributed by atoms with Gasteiger partial charge in [-0.2, -0.15) is 0 Å². The molecule has 0 N–H and O–H groups in total. The van der Waals surface area contributed by atoms with Gasteiger partial charge in [-0.1, -0.05) is 41.6 Å². The number of ether oxygens (including phenoxy) is 3. The molecule has 8 heteroatoms. The first-order valence-electron chi connectivity index (χ1n) is 9.80. The Morgan fingerprint density at radius 3 is 2.35 bits per heavy atom. The van der Waals surface area contributed by atoms with Crippen molar-refractivity contribution in [3.8, 4) is 17.2 Å². The van der Waals surface area contributed by atoms with E-state index >= 15 is 0 Å². The predicted octanol–water partition coefficient (Wildman–Crippen LogP) is 5.64. The van der Waals surface area contributed by atoms with Crippen molar-refractivity contribution in [1.29, 1.82) is 0 Å². The lowest BCUT2D eigenvalue weighted by molar-refractivity contribution is -0.121. The van der Waals surface area contributed by atoms with Gasteiger partial charge in [0.15, 0.2) is 11.5 Å². The smallest absolute Gasteiger partial charge is 0.265 e. The van der Waals surface area contributed by atoms with Crippen LogP contribution in [0.1, 0.15) is 23.6 Å². The number of amides is 1. The summed E-state index contributed by atoms with van der Waals surface area (Å²) in [6.07, 6.45) is 1.75. The first kappa shape index (κ1) is 23.4. The first-order valence-corrected chi connectivity index (χ1v) is 11.4. The number of hydrogen-bond acceptors (Lipinski definition) is 6. The zero-order valence-corrected chi connectivity index (χ0v) is 20.2. The third kappa shape index (κ3) is 5.93. The van der Waals surface area contributed by atoms with Gasteiger partial charge in [0, 0.05) is 7.05 Å². The van der Waals surface area contributed by atoms with Crippen LogP contribution < -0.4 is 14.2 Å². The highest BCUT2D eigenvalue weighted by molar-refractivity contribution is 8.26. The van der Waals surface area contributed by atoms with E-state index in [0.29, 0.717) is 45.6 Å². The third-order valence-electron chi connectivity index (χ3n) is 4.41. The average molecular weight is 478 g/mol. The molecule has 0 aliphatic carbocycles. The molecule has 0 saturated carbocycles. The fourth-order valence-electron chi connectivity index (χ4n) is 3.09. The summed E-state index contributed by atoms with van der Waals surface area (Å²) in [5.41, 5.74) is 3.03. The summed E-state index contributed by atoms with van der Waals surface area (Å²) in [6.45, 7) is 7.07. The van der Waals surface area contributed by atoms with Gasteiger partial charge in [0.2, 0.25) is 0 Å². The average Bonchev–Trinajstić information content (AvgIpc) is 2.93. The second kappa shape index (κ2) is 10.4. The molecule has 2 aromatic carbocycles. The number of benzene rings is 2. The van der Waals surface area contributed by atoms with Crippen molar-refractivity contribution in [3.63, 3.8) is 0 Å². The van der Waals surface area contributed by atoms with Gasteiger partial charge in [-0.25, -0.2) is 0 Å². The number of rotatable bonds is 8. The molecule has 0 atom stereocenters.